The molecule has 2 N–H and O–H groups in total. The molecule has 0 fully saturated rings. The fraction of sp³-hybridized carbons (Fsp3) is 0.385. The maximum atomic E-state index is 12.1. The second kappa shape index (κ2) is 9.33. The highest BCUT2D eigenvalue weighted by atomic mass is 127. The minimum atomic E-state index is -0.839. The summed E-state index contributed by atoms with van der Waals surface area (Å²) in [6.07, 6.45) is 0.505. The van der Waals surface area contributed by atoms with Gasteiger partial charge in [-0.25, -0.2) is 0 Å². The number of rotatable bonds is 7. The standard InChI is InChI=1S/C13H14I3NO4/c1-2-17-13(20)10-7(14)6-8(15)12(11(10)16)21-5-3-4-9(18)19/h6H,2-5H2,1H3,(H,17,20)(H,18,19). The van der Waals surface area contributed by atoms with E-state index in [1.807, 2.05) is 13.0 Å². The second-order valence-corrected chi connectivity index (χ2v) is 7.47. The van der Waals surface area contributed by atoms with Crippen molar-refractivity contribution in [2.45, 2.75) is 19.8 Å². The summed E-state index contributed by atoms with van der Waals surface area (Å²) in [4.78, 5) is 22.6. The van der Waals surface area contributed by atoms with Gasteiger partial charge in [-0.2, -0.15) is 0 Å². The first-order valence-electron chi connectivity index (χ1n) is 6.18. The van der Waals surface area contributed by atoms with Crippen molar-refractivity contribution in [2.24, 2.45) is 0 Å². The fourth-order valence-corrected chi connectivity index (χ4v) is 5.73. The fourth-order valence-electron chi connectivity index (χ4n) is 1.56. The van der Waals surface area contributed by atoms with E-state index in [1.54, 1.807) is 0 Å². The summed E-state index contributed by atoms with van der Waals surface area (Å²) >= 11 is 6.39. The molecule has 0 saturated heterocycles. The maximum Gasteiger partial charge on any atom is 0.303 e. The summed E-state index contributed by atoms with van der Waals surface area (Å²) in [5.41, 5.74) is 0.603. The SMILES string of the molecule is CCNC(=O)c1c(I)cc(I)c(OCCCC(=O)O)c1I. The molecule has 1 amide bonds. The molecule has 0 bridgehead atoms. The first-order valence-corrected chi connectivity index (χ1v) is 9.42. The van der Waals surface area contributed by atoms with E-state index in [9.17, 15) is 9.59 Å². The molecule has 0 radical (unpaired) electrons. The Kier molecular flexibility index (Phi) is 8.52. The van der Waals surface area contributed by atoms with Crippen molar-refractivity contribution in [3.8, 4) is 5.75 Å². The molecule has 0 atom stereocenters. The number of aliphatic carboxylic acids is 1. The molecule has 1 aromatic rings. The lowest BCUT2D eigenvalue weighted by Gasteiger charge is -2.15. The van der Waals surface area contributed by atoms with Gasteiger partial charge >= 0.3 is 5.97 Å². The zero-order valence-electron chi connectivity index (χ0n) is 11.2. The van der Waals surface area contributed by atoms with Gasteiger partial charge in [0.1, 0.15) is 5.75 Å². The van der Waals surface area contributed by atoms with Gasteiger partial charge in [0.25, 0.3) is 5.91 Å². The third-order valence-electron chi connectivity index (χ3n) is 2.47. The normalized spacial score (nSPS) is 10.3. The van der Waals surface area contributed by atoms with Crippen molar-refractivity contribution in [3.05, 3.63) is 22.3 Å². The van der Waals surface area contributed by atoms with E-state index in [1.165, 1.54) is 0 Å². The Morgan fingerprint density at radius 2 is 1.95 bits per heavy atom. The van der Waals surface area contributed by atoms with E-state index in [4.69, 9.17) is 9.84 Å². The number of ether oxygens (including phenoxy) is 1. The smallest absolute Gasteiger partial charge is 0.303 e. The predicted octanol–water partition coefficient (Wildman–Crippen LogP) is 3.49. The van der Waals surface area contributed by atoms with Crippen LogP contribution in [0.3, 0.4) is 0 Å². The summed E-state index contributed by atoms with van der Waals surface area (Å²) in [5.74, 6) is -0.324. The van der Waals surface area contributed by atoms with Crippen molar-refractivity contribution in [3.63, 3.8) is 0 Å². The summed E-state index contributed by atoms with van der Waals surface area (Å²) in [5, 5.41) is 11.4. The van der Waals surface area contributed by atoms with Crippen LogP contribution in [0.5, 0.6) is 5.75 Å². The van der Waals surface area contributed by atoms with E-state index < -0.39 is 5.97 Å². The summed E-state index contributed by atoms with van der Waals surface area (Å²) < 4.78 is 8.21. The van der Waals surface area contributed by atoms with Crippen molar-refractivity contribution in [1.29, 1.82) is 0 Å². The molecule has 116 valence electrons. The van der Waals surface area contributed by atoms with Gasteiger partial charge in [-0.05, 0) is 87.2 Å². The number of carbonyl (C=O) groups is 2. The molecule has 5 nitrogen and oxygen atoms in total. The van der Waals surface area contributed by atoms with Gasteiger partial charge in [-0.15, -0.1) is 0 Å². The molecule has 1 aromatic carbocycles. The average Bonchev–Trinajstić information content (AvgIpc) is 2.37. The van der Waals surface area contributed by atoms with Gasteiger partial charge in [0.2, 0.25) is 0 Å². The number of carboxylic acids is 1. The van der Waals surface area contributed by atoms with Gasteiger partial charge in [-0.1, -0.05) is 0 Å². The van der Waals surface area contributed by atoms with Crippen LogP contribution in [0.2, 0.25) is 0 Å². The van der Waals surface area contributed by atoms with Gasteiger partial charge < -0.3 is 15.2 Å². The molecular formula is C13H14I3NO4. The highest BCUT2D eigenvalue weighted by Crippen LogP contribution is 2.33. The summed E-state index contributed by atoms with van der Waals surface area (Å²) in [6, 6.07) is 1.89. The Morgan fingerprint density at radius 1 is 1.29 bits per heavy atom. The zero-order chi connectivity index (χ0) is 16.0. The highest BCUT2D eigenvalue weighted by Gasteiger charge is 2.20. The Balaban J connectivity index is 2.96. The lowest BCUT2D eigenvalue weighted by atomic mass is 10.2. The minimum Gasteiger partial charge on any atom is -0.491 e. The molecule has 0 spiro atoms. The van der Waals surface area contributed by atoms with Gasteiger partial charge in [0.15, 0.2) is 0 Å². The molecule has 0 aliphatic carbocycles. The van der Waals surface area contributed by atoms with Crippen LogP contribution in [0.1, 0.15) is 30.1 Å². The van der Waals surface area contributed by atoms with Crippen LogP contribution in [0.25, 0.3) is 0 Å². The summed E-state index contributed by atoms with van der Waals surface area (Å²) in [6.45, 7) is 2.74. The largest absolute Gasteiger partial charge is 0.491 e. The van der Waals surface area contributed by atoms with Crippen molar-refractivity contribution < 1.29 is 19.4 Å². The molecule has 0 aliphatic rings. The Bertz CT molecular complexity index is 549. The molecule has 0 heterocycles. The van der Waals surface area contributed by atoms with Crippen LogP contribution in [-0.2, 0) is 4.79 Å². The Hall–Kier alpha value is 0.150. The van der Waals surface area contributed by atoms with Crippen LogP contribution >= 0.6 is 67.8 Å². The topological polar surface area (TPSA) is 75.6 Å². The van der Waals surface area contributed by atoms with E-state index >= 15 is 0 Å². The number of halogens is 3. The van der Waals surface area contributed by atoms with Crippen molar-refractivity contribution >= 4 is 79.6 Å². The minimum absolute atomic E-state index is 0.0701. The van der Waals surface area contributed by atoms with Crippen LogP contribution in [0.4, 0.5) is 0 Å². The molecule has 0 unspecified atom stereocenters. The van der Waals surface area contributed by atoms with Crippen LogP contribution in [0.15, 0.2) is 6.07 Å². The van der Waals surface area contributed by atoms with Crippen molar-refractivity contribution in [2.75, 3.05) is 13.2 Å². The lowest BCUT2D eigenvalue weighted by molar-refractivity contribution is -0.137. The van der Waals surface area contributed by atoms with Crippen molar-refractivity contribution in [1.82, 2.24) is 5.32 Å². The van der Waals surface area contributed by atoms with Crippen LogP contribution in [0, 0.1) is 10.7 Å². The molecule has 0 aliphatic heterocycles. The van der Waals surface area contributed by atoms with E-state index in [0.29, 0.717) is 30.9 Å². The number of hydrogen-bond acceptors (Lipinski definition) is 3. The molecular weight excluding hydrogens is 615 g/mol. The molecule has 0 saturated carbocycles. The van der Waals surface area contributed by atoms with Gasteiger partial charge in [0.05, 0.1) is 19.3 Å². The predicted molar refractivity (Wildman–Crippen MR) is 105 cm³/mol. The van der Waals surface area contributed by atoms with E-state index in [-0.39, 0.29) is 12.3 Å². The molecule has 1 rings (SSSR count). The van der Waals surface area contributed by atoms with Crippen LogP contribution in [-0.4, -0.2) is 30.1 Å². The summed E-state index contributed by atoms with van der Waals surface area (Å²) in [7, 11) is 0. The highest BCUT2D eigenvalue weighted by molar-refractivity contribution is 14.1. The van der Waals surface area contributed by atoms with E-state index in [0.717, 1.165) is 10.7 Å². The number of carboxylic acid groups (broad SMARTS) is 1. The average molecular weight is 629 g/mol. The first kappa shape index (κ1) is 19.2. The number of benzene rings is 1. The maximum absolute atomic E-state index is 12.1. The number of hydrogen-bond donors (Lipinski definition) is 2. The lowest BCUT2D eigenvalue weighted by Crippen LogP contribution is -2.25. The molecule has 8 heteroatoms. The number of carbonyl (C=O) groups excluding carboxylic acids is 1. The quantitative estimate of drug-likeness (QED) is 0.358. The number of amides is 1. The third kappa shape index (κ3) is 5.69. The molecule has 21 heavy (non-hydrogen) atoms. The Morgan fingerprint density at radius 3 is 2.52 bits per heavy atom. The molecule has 0 aromatic heterocycles. The Labute approximate surface area is 164 Å². The number of nitrogens with one attached hydrogen (secondary N) is 1. The monoisotopic (exact) mass is 629 g/mol. The van der Waals surface area contributed by atoms with E-state index in [2.05, 4.69) is 73.1 Å². The van der Waals surface area contributed by atoms with Crippen LogP contribution < -0.4 is 10.1 Å². The van der Waals surface area contributed by atoms with Gasteiger partial charge in [0, 0.05) is 16.5 Å². The zero-order valence-corrected chi connectivity index (χ0v) is 17.7. The second-order valence-electron chi connectivity index (χ2n) is 4.06. The third-order valence-corrected chi connectivity index (χ3v) is 5.16. The van der Waals surface area contributed by atoms with Gasteiger partial charge in [-0.3, -0.25) is 9.59 Å². The first-order chi connectivity index (χ1) is 9.88.